The molecule has 0 unspecified atom stereocenters. The molecular formula is C16H19N3O3. The summed E-state index contributed by atoms with van der Waals surface area (Å²) in [6, 6.07) is 7.67. The summed E-state index contributed by atoms with van der Waals surface area (Å²) in [5, 5.41) is 2.84. The standard InChI is InChI=1S/C16H19N3O3/c1-21-13-4-2-3-12(9-13)14-10-17-16(18-14)19-15(20)11-5-7-22-8-6-11/h2-4,9-11H,5-8H2,1H3,(H2,17,18,19,20). The molecule has 1 aromatic heterocycles. The van der Waals surface area contributed by atoms with Gasteiger partial charge in [-0.05, 0) is 25.0 Å². The van der Waals surface area contributed by atoms with Crippen molar-refractivity contribution in [3.63, 3.8) is 0 Å². The van der Waals surface area contributed by atoms with Crippen molar-refractivity contribution < 1.29 is 14.3 Å². The lowest BCUT2D eigenvalue weighted by Gasteiger charge is -2.20. The molecule has 0 aliphatic carbocycles. The molecule has 0 radical (unpaired) electrons. The molecule has 1 fully saturated rings. The summed E-state index contributed by atoms with van der Waals surface area (Å²) in [6.07, 6.45) is 3.22. The number of nitrogens with zero attached hydrogens (tertiary/aromatic N) is 1. The van der Waals surface area contributed by atoms with Gasteiger partial charge in [0.2, 0.25) is 11.9 Å². The minimum absolute atomic E-state index is 0.000815. The minimum atomic E-state index is -0.00478. The third-order valence-electron chi connectivity index (χ3n) is 3.79. The van der Waals surface area contributed by atoms with Crippen LogP contribution in [-0.2, 0) is 9.53 Å². The van der Waals surface area contributed by atoms with Crippen molar-refractivity contribution in [3.05, 3.63) is 30.5 Å². The fraction of sp³-hybridized carbons (Fsp3) is 0.375. The molecule has 2 N–H and O–H groups in total. The molecule has 2 aromatic rings. The molecular weight excluding hydrogens is 282 g/mol. The van der Waals surface area contributed by atoms with E-state index in [2.05, 4.69) is 15.3 Å². The molecule has 1 aromatic carbocycles. The first-order valence-corrected chi connectivity index (χ1v) is 7.34. The summed E-state index contributed by atoms with van der Waals surface area (Å²) in [4.78, 5) is 19.5. The van der Waals surface area contributed by atoms with Crippen LogP contribution in [0.25, 0.3) is 11.3 Å². The minimum Gasteiger partial charge on any atom is -0.497 e. The van der Waals surface area contributed by atoms with Crippen molar-refractivity contribution in [2.24, 2.45) is 5.92 Å². The first-order valence-electron chi connectivity index (χ1n) is 7.34. The number of benzene rings is 1. The van der Waals surface area contributed by atoms with E-state index in [0.717, 1.165) is 29.8 Å². The quantitative estimate of drug-likeness (QED) is 0.909. The number of carbonyl (C=O) groups excluding carboxylic acids is 1. The van der Waals surface area contributed by atoms with E-state index in [1.165, 1.54) is 0 Å². The number of hydrogen-bond donors (Lipinski definition) is 2. The zero-order chi connectivity index (χ0) is 15.4. The first kappa shape index (κ1) is 14.6. The van der Waals surface area contributed by atoms with Gasteiger partial charge in [0.1, 0.15) is 5.75 Å². The Hall–Kier alpha value is -2.34. The summed E-state index contributed by atoms with van der Waals surface area (Å²) in [6.45, 7) is 1.29. The molecule has 116 valence electrons. The van der Waals surface area contributed by atoms with Crippen LogP contribution in [0.1, 0.15) is 12.8 Å². The average molecular weight is 301 g/mol. The molecule has 2 heterocycles. The van der Waals surface area contributed by atoms with E-state index >= 15 is 0 Å². The van der Waals surface area contributed by atoms with Gasteiger partial charge in [-0.1, -0.05) is 12.1 Å². The van der Waals surface area contributed by atoms with Crippen LogP contribution in [0.4, 0.5) is 5.95 Å². The largest absolute Gasteiger partial charge is 0.497 e. The van der Waals surface area contributed by atoms with Crippen molar-refractivity contribution in [3.8, 4) is 17.0 Å². The number of carbonyl (C=O) groups is 1. The molecule has 3 rings (SSSR count). The van der Waals surface area contributed by atoms with Crippen molar-refractivity contribution in [2.75, 3.05) is 25.6 Å². The van der Waals surface area contributed by atoms with Gasteiger partial charge < -0.3 is 14.5 Å². The second-order valence-corrected chi connectivity index (χ2v) is 5.25. The topological polar surface area (TPSA) is 76.2 Å². The van der Waals surface area contributed by atoms with Gasteiger partial charge in [0, 0.05) is 24.7 Å². The maximum atomic E-state index is 12.2. The van der Waals surface area contributed by atoms with Gasteiger partial charge in [-0.3, -0.25) is 10.1 Å². The van der Waals surface area contributed by atoms with Crippen LogP contribution in [0, 0.1) is 5.92 Å². The van der Waals surface area contributed by atoms with Crippen LogP contribution in [-0.4, -0.2) is 36.2 Å². The maximum Gasteiger partial charge on any atom is 0.229 e. The van der Waals surface area contributed by atoms with Crippen LogP contribution in [0.15, 0.2) is 30.5 Å². The number of H-pyrrole nitrogens is 1. The van der Waals surface area contributed by atoms with E-state index in [4.69, 9.17) is 9.47 Å². The molecule has 0 saturated carbocycles. The molecule has 0 bridgehead atoms. The molecule has 0 atom stereocenters. The Bertz CT molecular complexity index is 648. The Morgan fingerprint density at radius 3 is 3.00 bits per heavy atom. The Kier molecular flexibility index (Phi) is 4.39. The van der Waals surface area contributed by atoms with Crippen LogP contribution in [0.5, 0.6) is 5.75 Å². The highest BCUT2D eigenvalue weighted by atomic mass is 16.5. The van der Waals surface area contributed by atoms with Gasteiger partial charge in [0.15, 0.2) is 0 Å². The van der Waals surface area contributed by atoms with E-state index in [9.17, 15) is 4.79 Å². The Labute approximate surface area is 128 Å². The first-order chi connectivity index (χ1) is 10.8. The lowest BCUT2D eigenvalue weighted by Crippen LogP contribution is -2.28. The predicted octanol–water partition coefficient (Wildman–Crippen LogP) is 2.45. The normalized spacial score (nSPS) is 15.5. The molecule has 6 nitrogen and oxygen atoms in total. The summed E-state index contributed by atoms with van der Waals surface area (Å²) < 4.78 is 10.5. The SMILES string of the molecule is COc1cccc(-c2cnc(NC(=O)C3CCOCC3)[nH]2)c1. The highest BCUT2D eigenvalue weighted by molar-refractivity contribution is 5.91. The molecule has 1 amide bonds. The summed E-state index contributed by atoms with van der Waals surface area (Å²) >= 11 is 0. The molecule has 1 aliphatic heterocycles. The highest BCUT2D eigenvalue weighted by Gasteiger charge is 2.22. The number of amides is 1. The van der Waals surface area contributed by atoms with Crippen molar-refractivity contribution in [2.45, 2.75) is 12.8 Å². The smallest absolute Gasteiger partial charge is 0.229 e. The maximum absolute atomic E-state index is 12.2. The monoisotopic (exact) mass is 301 g/mol. The van der Waals surface area contributed by atoms with Gasteiger partial charge in [-0.2, -0.15) is 0 Å². The number of ether oxygens (including phenoxy) is 2. The lowest BCUT2D eigenvalue weighted by molar-refractivity contribution is -0.122. The molecule has 1 aliphatic rings. The van der Waals surface area contributed by atoms with E-state index in [-0.39, 0.29) is 11.8 Å². The van der Waals surface area contributed by atoms with Gasteiger partial charge >= 0.3 is 0 Å². The van der Waals surface area contributed by atoms with Gasteiger partial charge in [0.25, 0.3) is 0 Å². The number of methoxy groups -OCH3 is 1. The number of hydrogen-bond acceptors (Lipinski definition) is 4. The lowest BCUT2D eigenvalue weighted by atomic mass is 10.00. The van der Waals surface area contributed by atoms with Crippen LogP contribution in [0.2, 0.25) is 0 Å². The summed E-state index contributed by atoms with van der Waals surface area (Å²) in [7, 11) is 1.63. The zero-order valence-corrected chi connectivity index (χ0v) is 12.5. The average Bonchev–Trinajstić information content (AvgIpc) is 3.04. The fourth-order valence-corrected chi connectivity index (χ4v) is 2.50. The summed E-state index contributed by atoms with van der Waals surface area (Å²) in [5.41, 5.74) is 1.79. The third kappa shape index (κ3) is 3.28. The zero-order valence-electron chi connectivity index (χ0n) is 12.5. The third-order valence-corrected chi connectivity index (χ3v) is 3.79. The number of aromatic nitrogens is 2. The van der Waals surface area contributed by atoms with Crippen LogP contribution in [0.3, 0.4) is 0 Å². The Morgan fingerprint density at radius 1 is 1.41 bits per heavy atom. The van der Waals surface area contributed by atoms with Crippen molar-refractivity contribution in [1.82, 2.24) is 9.97 Å². The molecule has 0 spiro atoms. The van der Waals surface area contributed by atoms with Crippen molar-refractivity contribution in [1.29, 1.82) is 0 Å². The van der Waals surface area contributed by atoms with Gasteiger partial charge in [-0.15, -0.1) is 0 Å². The number of imidazole rings is 1. The highest BCUT2D eigenvalue weighted by Crippen LogP contribution is 2.23. The number of nitrogens with one attached hydrogen (secondary N) is 2. The Morgan fingerprint density at radius 2 is 2.23 bits per heavy atom. The second kappa shape index (κ2) is 6.62. The fourth-order valence-electron chi connectivity index (χ4n) is 2.50. The van der Waals surface area contributed by atoms with E-state index in [0.29, 0.717) is 19.2 Å². The molecule has 1 saturated heterocycles. The second-order valence-electron chi connectivity index (χ2n) is 5.25. The number of rotatable bonds is 4. The number of anilines is 1. The molecule has 6 heteroatoms. The molecule has 22 heavy (non-hydrogen) atoms. The van der Waals surface area contributed by atoms with Gasteiger partial charge in [0.05, 0.1) is 19.0 Å². The van der Waals surface area contributed by atoms with Crippen molar-refractivity contribution >= 4 is 11.9 Å². The van der Waals surface area contributed by atoms with E-state index in [1.54, 1.807) is 13.3 Å². The van der Waals surface area contributed by atoms with Gasteiger partial charge in [-0.25, -0.2) is 4.98 Å². The van der Waals surface area contributed by atoms with E-state index in [1.807, 2.05) is 24.3 Å². The van der Waals surface area contributed by atoms with Crippen LogP contribution < -0.4 is 10.1 Å². The summed E-state index contributed by atoms with van der Waals surface area (Å²) in [5.74, 6) is 1.24. The Balaban J connectivity index is 1.69. The predicted molar refractivity (Wildman–Crippen MR) is 82.7 cm³/mol. The van der Waals surface area contributed by atoms with E-state index < -0.39 is 0 Å². The van der Waals surface area contributed by atoms with Crippen LogP contribution >= 0.6 is 0 Å². The number of aromatic amines is 1.